The van der Waals surface area contributed by atoms with Crippen LogP contribution in [0.25, 0.3) is 0 Å². The summed E-state index contributed by atoms with van der Waals surface area (Å²) in [6.45, 7) is 1.66. The molecule has 2 aromatic heterocycles. The summed E-state index contributed by atoms with van der Waals surface area (Å²) < 4.78 is 39.8. The lowest BCUT2D eigenvalue weighted by Crippen LogP contribution is -2.33. The lowest BCUT2D eigenvalue weighted by Gasteiger charge is -2.23. The first-order chi connectivity index (χ1) is 16.5. The second-order valence-corrected chi connectivity index (χ2v) is 11.0. The van der Waals surface area contributed by atoms with Gasteiger partial charge in [0.05, 0.1) is 49.6 Å². The van der Waals surface area contributed by atoms with Crippen molar-refractivity contribution in [3.05, 3.63) is 71.9 Å². The molecule has 0 spiro atoms. The Morgan fingerprint density at radius 1 is 1.09 bits per heavy atom. The number of nitrogens with zero attached hydrogens (tertiary/aromatic N) is 3. The van der Waals surface area contributed by atoms with Crippen LogP contribution in [0.5, 0.6) is 0 Å². The highest BCUT2D eigenvalue weighted by Gasteiger charge is 2.35. The van der Waals surface area contributed by atoms with Gasteiger partial charge in [0.1, 0.15) is 5.76 Å². The maximum Gasteiger partial charge on any atom is 0.228 e. The van der Waals surface area contributed by atoms with E-state index in [9.17, 15) is 13.2 Å². The number of carbonyl (C=O) groups is 1. The number of hydrogen-bond donors (Lipinski definition) is 0. The number of aromatic nitrogens is 2. The summed E-state index contributed by atoms with van der Waals surface area (Å²) in [5, 5.41) is 0.0265. The van der Waals surface area contributed by atoms with E-state index < -0.39 is 9.84 Å². The third-order valence-electron chi connectivity index (χ3n) is 6.31. The molecule has 0 radical (unpaired) electrons. The Morgan fingerprint density at radius 3 is 2.59 bits per heavy atom. The van der Waals surface area contributed by atoms with Gasteiger partial charge in [-0.25, -0.2) is 13.4 Å². The lowest BCUT2D eigenvalue weighted by molar-refractivity contribution is -0.134. The van der Waals surface area contributed by atoms with Crippen LogP contribution in [0.15, 0.2) is 64.5 Å². The molecule has 0 bridgehead atoms. The van der Waals surface area contributed by atoms with Crippen molar-refractivity contribution < 1.29 is 22.4 Å². The Morgan fingerprint density at radius 2 is 1.91 bits per heavy atom. The summed E-state index contributed by atoms with van der Waals surface area (Å²) in [5.74, 6) is 0.657. The van der Waals surface area contributed by atoms with Gasteiger partial charge in [0.25, 0.3) is 0 Å². The molecule has 1 saturated carbocycles. The summed E-state index contributed by atoms with van der Waals surface area (Å²) >= 11 is 0. The zero-order chi connectivity index (χ0) is 23.5. The van der Waals surface area contributed by atoms with Gasteiger partial charge in [-0.05, 0) is 43.4 Å². The molecule has 180 valence electrons. The van der Waals surface area contributed by atoms with Gasteiger partial charge in [0, 0.05) is 12.5 Å². The first-order valence-electron chi connectivity index (χ1n) is 11.7. The van der Waals surface area contributed by atoms with Crippen LogP contribution < -0.4 is 0 Å². The van der Waals surface area contributed by atoms with Crippen molar-refractivity contribution in [3.63, 3.8) is 0 Å². The van der Waals surface area contributed by atoms with Crippen molar-refractivity contribution in [1.29, 1.82) is 0 Å². The molecule has 3 aromatic rings. The van der Waals surface area contributed by atoms with Gasteiger partial charge in [0.15, 0.2) is 0 Å². The Bertz CT molecular complexity index is 1210. The summed E-state index contributed by atoms with van der Waals surface area (Å²) in [4.78, 5) is 19.1. The molecule has 34 heavy (non-hydrogen) atoms. The van der Waals surface area contributed by atoms with E-state index in [4.69, 9.17) is 9.15 Å². The number of benzene rings is 1. The van der Waals surface area contributed by atoms with Gasteiger partial charge in [-0.3, -0.25) is 4.79 Å². The fourth-order valence-electron chi connectivity index (χ4n) is 4.40. The molecule has 1 aliphatic heterocycles. The van der Waals surface area contributed by atoms with Gasteiger partial charge in [-0.2, -0.15) is 0 Å². The molecule has 1 amide bonds. The van der Waals surface area contributed by atoms with Crippen molar-refractivity contribution in [1.82, 2.24) is 14.5 Å². The number of carbonyl (C=O) groups excluding carboxylic acids is 1. The van der Waals surface area contributed by atoms with Crippen molar-refractivity contribution in [2.75, 3.05) is 6.61 Å². The summed E-state index contributed by atoms with van der Waals surface area (Å²) in [6.07, 6.45) is 6.70. The average Bonchev–Trinajstić information content (AvgIpc) is 3.16. The van der Waals surface area contributed by atoms with Crippen LogP contribution in [-0.4, -0.2) is 41.5 Å². The Hall–Kier alpha value is -2.91. The molecule has 2 fully saturated rings. The average molecular weight is 484 g/mol. The number of amides is 1. The smallest absolute Gasteiger partial charge is 0.228 e. The summed E-state index contributed by atoms with van der Waals surface area (Å²) in [6, 6.07) is 12.7. The largest absolute Gasteiger partial charge is 0.467 e. The number of sulfone groups is 1. The monoisotopic (exact) mass is 483 g/mol. The third-order valence-corrected chi connectivity index (χ3v) is 7.90. The molecular weight excluding hydrogens is 454 g/mol. The normalized spacial score (nSPS) is 18.3. The van der Waals surface area contributed by atoms with E-state index in [0.717, 1.165) is 25.7 Å². The van der Waals surface area contributed by atoms with E-state index in [1.165, 1.54) is 0 Å². The van der Waals surface area contributed by atoms with Crippen molar-refractivity contribution in [2.45, 2.75) is 62.3 Å². The highest BCUT2D eigenvalue weighted by atomic mass is 32.2. The van der Waals surface area contributed by atoms with Crippen LogP contribution in [0, 0.1) is 5.92 Å². The van der Waals surface area contributed by atoms with Crippen LogP contribution in [0.3, 0.4) is 0 Å². The third kappa shape index (κ3) is 5.26. The predicted molar refractivity (Wildman–Crippen MR) is 124 cm³/mol. The van der Waals surface area contributed by atoms with Gasteiger partial charge < -0.3 is 18.6 Å². The standard InChI is InChI=1S/C25H29N3O5S/c29-24(20-10-11-20)27(16-22-8-4-12-32-22)15-21-14-26-25(28(21)17-23-9-5-13-33-23)34(30,31)18-19-6-2-1-3-7-19/h1-4,6-8,12,14,20,23H,5,9-11,13,15-18H2. The van der Waals surface area contributed by atoms with Gasteiger partial charge >= 0.3 is 0 Å². The highest BCUT2D eigenvalue weighted by molar-refractivity contribution is 7.90. The minimum Gasteiger partial charge on any atom is -0.467 e. The Labute approximate surface area is 199 Å². The molecule has 2 aliphatic rings. The van der Waals surface area contributed by atoms with E-state index in [-0.39, 0.29) is 35.4 Å². The molecule has 1 aliphatic carbocycles. The van der Waals surface area contributed by atoms with E-state index in [1.807, 2.05) is 24.3 Å². The van der Waals surface area contributed by atoms with Crippen molar-refractivity contribution >= 4 is 15.7 Å². The predicted octanol–water partition coefficient (Wildman–Crippen LogP) is 3.57. The van der Waals surface area contributed by atoms with Gasteiger partial charge in [-0.1, -0.05) is 30.3 Å². The molecule has 0 N–H and O–H groups in total. The van der Waals surface area contributed by atoms with E-state index in [1.54, 1.807) is 40.1 Å². The topological polar surface area (TPSA) is 94.6 Å². The number of furan rings is 1. The van der Waals surface area contributed by atoms with E-state index in [0.29, 0.717) is 36.7 Å². The number of imidazole rings is 1. The van der Waals surface area contributed by atoms with Crippen molar-refractivity contribution in [3.8, 4) is 0 Å². The maximum absolute atomic E-state index is 13.4. The molecular formula is C25H29N3O5S. The van der Waals surface area contributed by atoms with Gasteiger partial charge in [0.2, 0.25) is 20.9 Å². The SMILES string of the molecule is O=C(C1CC1)N(Cc1ccco1)Cc1cnc(S(=O)(=O)Cc2ccccc2)n1CC1CCCO1. The Kier molecular flexibility index (Phi) is 6.56. The minimum absolute atomic E-state index is 0.0265. The number of hydrogen-bond acceptors (Lipinski definition) is 6. The quantitative estimate of drug-likeness (QED) is 0.438. The van der Waals surface area contributed by atoms with Gasteiger partial charge in [-0.15, -0.1) is 0 Å². The molecule has 8 nitrogen and oxygen atoms in total. The van der Waals surface area contributed by atoms with Crippen molar-refractivity contribution in [2.24, 2.45) is 5.92 Å². The molecule has 1 saturated heterocycles. The number of rotatable bonds is 10. The maximum atomic E-state index is 13.4. The molecule has 1 aromatic carbocycles. The van der Waals surface area contributed by atoms with Crippen LogP contribution in [0.1, 0.15) is 42.7 Å². The van der Waals surface area contributed by atoms with Crippen LogP contribution in [0.4, 0.5) is 0 Å². The van der Waals surface area contributed by atoms with E-state index in [2.05, 4.69) is 4.98 Å². The van der Waals surface area contributed by atoms with Crippen LogP contribution in [-0.2, 0) is 44.8 Å². The Balaban J connectivity index is 1.45. The zero-order valence-corrected chi connectivity index (χ0v) is 19.8. The van der Waals surface area contributed by atoms with Crippen LogP contribution in [0.2, 0.25) is 0 Å². The molecule has 3 heterocycles. The minimum atomic E-state index is -3.70. The second kappa shape index (κ2) is 9.76. The summed E-state index contributed by atoms with van der Waals surface area (Å²) in [5.41, 5.74) is 1.39. The van der Waals surface area contributed by atoms with E-state index >= 15 is 0 Å². The molecule has 5 rings (SSSR count). The first kappa shape index (κ1) is 22.9. The second-order valence-electron chi connectivity index (χ2n) is 9.07. The fourth-order valence-corrected chi connectivity index (χ4v) is 5.90. The molecule has 1 unspecified atom stereocenters. The lowest BCUT2D eigenvalue weighted by atomic mass is 10.2. The molecule has 1 atom stereocenters. The highest BCUT2D eigenvalue weighted by Crippen LogP contribution is 2.32. The fraction of sp³-hybridized carbons (Fsp3) is 0.440. The van der Waals surface area contributed by atoms with Crippen LogP contribution >= 0.6 is 0 Å². The zero-order valence-electron chi connectivity index (χ0n) is 19.0. The summed E-state index contributed by atoms with van der Waals surface area (Å²) in [7, 11) is -3.70. The molecule has 9 heteroatoms. The number of ether oxygens (including phenoxy) is 1. The first-order valence-corrected chi connectivity index (χ1v) is 13.4.